The van der Waals surface area contributed by atoms with Gasteiger partial charge in [-0.25, -0.2) is 0 Å². The van der Waals surface area contributed by atoms with Gasteiger partial charge in [0.1, 0.15) is 5.75 Å². The van der Waals surface area contributed by atoms with Crippen molar-refractivity contribution >= 4 is 31.9 Å². The Bertz CT molecular complexity index is 618. The Morgan fingerprint density at radius 1 is 1.05 bits per heavy atom. The number of halogens is 2. The molecule has 1 atom stereocenters. The van der Waals surface area contributed by atoms with Crippen LogP contribution in [-0.2, 0) is 0 Å². The van der Waals surface area contributed by atoms with Gasteiger partial charge in [-0.3, -0.25) is 0 Å². The Morgan fingerprint density at radius 3 is 2.20 bits per heavy atom. The Kier molecular flexibility index (Phi) is 4.92. The van der Waals surface area contributed by atoms with Crippen LogP contribution in [0.3, 0.4) is 0 Å². The summed E-state index contributed by atoms with van der Waals surface area (Å²) in [5.74, 6) is 0.952. The van der Waals surface area contributed by atoms with Gasteiger partial charge in [-0.2, -0.15) is 0 Å². The molecule has 20 heavy (non-hydrogen) atoms. The van der Waals surface area contributed by atoms with Gasteiger partial charge in [0, 0.05) is 10.0 Å². The van der Waals surface area contributed by atoms with E-state index >= 15 is 0 Å². The molecule has 0 aliphatic heterocycles. The minimum Gasteiger partial charge on any atom is -0.496 e. The zero-order valence-electron chi connectivity index (χ0n) is 12.1. The molecule has 1 unspecified atom stereocenters. The molecular weight excluding hydrogens is 380 g/mol. The van der Waals surface area contributed by atoms with Crippen molar-refractivity contribution in [1.29, 1.82) is 0 Å². The minimum atomic E-state index is 0.120. The summed E-state index contributed by atoms with van der Waals surface area (Å²) in [6.07, 6.45) is 0. The summed E-state index contributed by atoms with van der Waals surface area (Å²) in [6, 6.07) is 10.7. The van der Waals surface area contributed by atoms with E-state index in [0.29, 0.717) is 0 Å². The maximum absolute atomic E-state index is 5.63. The molecule has 1 nitrogen and oxygen atoms in total. The summed E-state index contributed by atoms with van der Waals surface area (Å²) in [7, 11) is 1.73. The number of alkyl halides is 1. The number of ether oxygens (including phenoxy) is 1. The zero-order chi connectivity index (χ0) is 14.9. The van der Waals surface area contributed by atoms with Crippen molar-refractivity contribution in [2.24, 2.45) is 0 Å². The van der Waals surface area contributed by atoms with Gasteiger partial charge >= 0.3 is 0 Å². The van der Waals surface area contributed by atoms with Crippen molar-refractivity contribution in [2.75, 3.05) is 7.11 Å². The van der Waals surface area contributed by atoms with Crippen molar-refractivity contribution in [3.63, 3.8) is 0 Å². The topological polar surface area (TPSA) is 9.23 Å². The van der Waals surface area contributed by atoms with E-state index in [1.54, 1.807) is 7.11 Å². The highest BCUT2D eigenvalue weighted by atomic mass is 79.9. The summed E-state index contributed by atoms with van der Waals surface area (Å²) < 4.78 is 6.74. The zero-order valence-corrected chi connectivity index (χ0v) is 15.3. The van der Waals surface area contributed by atoms with Crippen molar-refractivity contribution in [1.82, 2.24) is 0 Å². The lowest BCUT2D eigenvalue weighted by molar-refractivity contribution is 0.406. The molecule has 0 amide bonds. The van der Waals surface area contributed by atoms with E-state index in [1.807, 2.05) is 0 Å². The smallest absolute Gasteiger partial charge is 0.126 e. The van der Waals surface area contributed by atoms with Gasteiger partial charge in [0.25, 0.3) is 0 Å². The molecular formula is C17H18Br2O. The van der Waals surface area contributed by atoms with E-state index in [-0.39, 0.29) is 4.83 Å². The molecule has 2 aromatic rings. The third-order valence-electron chi connectivity index (χ3n) is 3.54. The third-order valence-corrected chi connectivity index (χ3v) is 5.35. The highest BCUT2D eigenvalue weighted by molar-refractivity contribution is 9.10. The second-order valence-corrected chi connectivity index (χ2v) is 6.79. The Hall–Kier alpha value is -0.800. The van der Waals surface area contributed by atoms with Crippen LogP contribution < -0.4 is 4.74 Å². The molecule has 0 aromatic heterocycles. The molecule has 0 fully saturated rings. The first-order valence-electron chi connectivity index (χ1n) is 6.50. The maximum atomic E-state index is 5.63. The molecule has 0 spiro atoms. The predicted octanol–water partition coefficient (Wildman–Crippen LogP) is 5.87. The number of hydrogen-bond donors (Lipinski definition) is 0. The largest absolute Gasteiger partial charge is 0.496 e. The van der Waals surface area contributed by atoms with Gasteiger partial charge in [-0.15, -0.1) is 0 Å². The Balaban J connectivity index is 2.58. The molecule has 0 saturated carbocycles. The predicted molar refractivity (Wildman–Crippen MR) is 92.1 cm³/mol. The molecule has 0 N–H and O–H groups in total. The number of rotatable bonds is 3. The van der Waals surface area contributed by atoms with Gasteiger partial charge in [0.15, 0.2) is 0 Å². The highest BCUT2D eigenvalue weighted by Gasteiger charge is 2.21. The number of methoxy groups -OCH3 is 1. The van der Waals surface area contributed by atoms with E-state index in [2.05, 4.69) is 83.0 Å². The SMILES string of the molecule is COc1c(C)cc(Br)c(C)c1C(Br)c1ccc(C)cc1. The molecule has 0 aliphatic carbocycles. The van der Waals surface area contributed by atoms with Crippen LogP contribution in [0.1, 0.15) is 32.6 Å². The number of benzene rings is 2. The van der Waals surface area contributed by atoms with Gasteiger partial charge < -0.3 is 4.74 Å². The first kappa shape index (κ1) is 15.6. The first-order chi connectivity index (χ1) is 9.45. The number of hydrogen-bond acceptors (Lipinski definition) is 1. The summed E-state index contributed by atoms with van der Waals surface area (Å²) in [5, 5.41) is 0. The average Bonchev–Trinajstić information content (AvgIpc) is 2.42. The fourth-order valence-corrected chi connectivity index (χ4v) is 3.77. The van der Waals surface area contributed by atoms with Gasteiger partial charge in [-0.1, -0.05) is 61.7 Å². The van der Waals surface area contributed by atoms with Crippen molar-refractivity contribution in [2.45, 2.75) is 25.6 Å². The fraction of sp³-hybridized carbons (Fsp3) is 0.294. The fourth-order valence-electron chi connectivity index (χ4n) is 2.35. The molecule has 2 aromatic carbocycles. The van der Waals surface area contributed by atoms with E-state index in [9.17, 15) is 0 Å². The van der Waals surface area contributed by atoms with E-state index in [0.717, 1.165) is 15.8 Å². The lowest BCUT2D eigenvalue weighted by Crippen LogP contribution is -2.03. The molecule has 0 radical (unpaired) electrons. The first-order valence-corrected chi connectivity index (χ1v) is 8.20. The lowest BCUT2D eigenvalue weighted by atomic mass is 9.96. The molecule has 0 saturated heterocycles. The molecule has 0 bridgehead atoms. The van der Waals surface area contributed by atoms with Gasteiger partial charge in [0.05, 0.1) is 11.9 Å². The molecule has 106 valence electrons. The van der Waals surface area contributed by atoms with E-state index in [1.165, 1.54) is 22.3 Å². The van der Waals surface area contributed by atoms with E-state index in [4.69, 9.17) is 4.74 Å². The number of aryl methyl sites for hydroxylation is 2. The lowest BCUT2D eigenvalue weighted by Gasteiger charge is -2.20. The second-order valence-electron chi connectivity index (χ2n) is 5.02. The van der Waals surface area contributed by atoms with Crippen LogP contribution in [0.4, 0.5) is 0 Å². The monoisotopic (exact) mass is 396 g/mol. The summed E-state index contributed by atoms with van der Waals surface area (Å²) >= 11 is 7.46. The van der Waals surface area contributed by atoms with Crippen LogP contribution in [0.15, 0.2) is 34.8 Å². The van der Waals surface area contributed by atoms with Crippen molar-refractivity contribution < 1.29 is 4.74 Å². The van der Waals surface area contributed by atoms with Crippen LogP contribution in [-0.4, -0.2) is 7.11 Å². The van der Waals surface area contributed by atoms with Crippen LogP contribution in [0, 0.1) is 20.8 Å². The molecule has 3 heteroatoms. The Morgan fingerprint density at radius 2 is 1.65 bits per heavy atom. The van der Waals surface area contributed by atoms with Crippen molar-refractivity contribution in [3.05, 3.63) is 62.6 Å². The summed E-state index contributed by atoms with van der Waals surface area (Å²) in [5.41, 5.74) is 6.02. The van der Waals surface area contributed by atoms with Crippen molar-refractivity contribution in [3.8, 4) is 5.75 Å². The summed E-state index contributed by atoms with van der Waals surface area (Å²) in [6.45, 7) is 6.29. The van der Waals surface area contributed by atoms with Gasteiger partial charge in [0.2, 0.25) is 0 Å². The highest BCUT2D eigenvalue weighted by Crippen LogP contribution is 2.42. The van der Waals surface area contributed by atoms with Gasteiger partial charge in [-0.05, 0) is 43.5 Å². The minimum absolute atomic E-state index is 0.120. The third kappa shape index (κ3) is 2.94. The van der Waals surface area contributed by atoms with Crippen LogP contribution in [0.25, 0.3) is 0 Å². The molecule has 0 aliphatic rings. The van der Waals surface area contributed by atoms with Crippen LogP contribution >= 0.6 is 31.9 Å². The van der Waals surface area contributed by atoms with Crippen LogP contribution in [0.5, 0.6) is 5.75 Å². The average molecular weight is 398 g/mol. The summed E-state index contributed by atoms with van der Waals surface area (Å²) in [4.78, 5) is 0.120. The normalized spacial score (nSPS) is 12.3. The van der Waals surface area contributed by atoms with Crippen LogP contribution in [0.2, 0.25) is 0 Å². The standard InChI is InChI=1S/C17H18Br2O/c1-10-5-7-13(8-6-10)16(19)15-12(3)14(18)9-11(2)17(15)20-4/h5-9,16H,1-4H3. The Labute approximate surface area is 137 Å². The van der Waals surface area contributed by atoms with E-state index < -0.39 is 0 Å². The quantitative estimate of drug-likeness (QED) is 0.588. The molecule has 2 rings (SSSR count). The second kappa shape index (κ2) is 6.31. The molecule has 0 heterocycles. The maximum Gasteiger partial charge on any atom is 0.126 e.